The summed E-state index contributed by atoms with van der Waals surface area (Å²) < 4.78 is 13.3. The third kappa shape index (κ3) is 1.84. The molecule has 0 aliphatic heterocycles. The number of aromatic nitrogens is 2. The van der Waals surface area contributed by atoms with Gasteiger partial charge in [0, 0.05) is 18.0 Å². The lowest BCUT2D eigenvalue weighted by atomic mass is 10.3. The highest BCUT2D eigenvalue weighted by Gasteiger charge is 2.15. The Morgan fingerprint density at radius 2 is 2.07 bits per heavy atom. The molecule has 0 amide bonds. The largest absolute Gasteiger partial charge is 0.477 e. The predicted octanol–water partition coefficient (Wildman–Crippen LogP) is 2.04. The summed E-state index contributed by atoms with van der Waals surface area (Å²) in [5.74, 6) is -1.70. The summed E-state index contributed by atoms with van der Waals surface area (Å²) in [7, 11) is 0. The fourth-order valence-electron chi connectivity index (χ4n) is 1.09. The topological polar surface area (TPSA) is 63.1 Å². The number of nitrogens with zero attached hydrogens (tertiary/aromatic N) is 2. The van der Waals surface area contributed by atoms with Crippen LogP contribution in [0.2, 0.25) is 0 Å². The van der Waals surface area contributed by atoms with Crippen molar-refractivity contribution in [3.63, 3.8) is 0 Å². The second kappa shape index (κ2) is 3.74. The van der Waals surface area contributed by atoms with Gasteiger partial charge in [0.05, 0.1) is 4.88 Å². The summed E-state index contributed by atoms with van der Waals surface area (Å²) in [6, 6.07) is 0.995. The van der Waals surface area contributed by atoms with Crippen molar-refractivity contribution in [2.24, 2.45) is 0 Å². The monoisotopic (exact) mass is 224 g/mol. The highest BCUT2D eigenvalue weighted by atomic mass is 32.1. The molecule has 6 heteroatoms. The van der Waals surface area contributed by atoms with Crippen LogP contribution in [0.4, 0.5) is 4.39 Å². The standard InChI is InChI=1S/C9H5FN2O2S/c10-6-1-7(9(13)14)15-8(6)5-2-11-4-12-3-5/h1-4H,(H,13,14). The fourth-order valence-corrected chi connectivity index (χ4v) is 1.94. The van der Waals surface area contributed by atoms with Crippen molar-refractivity contribution in [3.05, 3.63) is 35.5 Å². The summed E-state index contributed by atoms with van der Waals surface area (Å²) in [6.45, 7) is 0. The van der Waals surface area contributed by atoms with Gasteiger partial charge in [-0.25, -0.2) is 19.2 Å². The predicted molar refractivity (Wildman–Crippen MR) is 52.3 cm³/mol. The first-order valence-corrected chi connectivity index (χ1v) is 4.78. The number of carboxylic acids is 1. The maximum Gasteiger partial charge on any atom is 0.345 e. The van der Waals surface area contributed by atoms with E-state index in [0.717, 1.165) is 17.4 Å². The molecule has 0 spiro atoms. The first kappa shape index (κ1) is 9.72. The Balaban J connectivity index is 2.50. The lowest BCUT2D eigenvalue weighted by Crippen LogP contribution is -1.89. The minimum absolute atomic E-state index is 0.0358. The smallest absolute Gasteiger partial charge is 0.345 e. The molecule has 2 heterocycles. The van der Waals surface area contributed by atoms with E-state index in [1.165, 1.54) is 18.7 Å². The molecule has 0 saturated carbocycles. The zero-order valence-corrected chi connectivity index (χ0v) is 8.16. The first-order valence-electron chi connectivity index (χ1n) is 3.96. The van der Waals surface area contributed by atoms with Crippen LogP contribution >= 0.6 is 11.3 Å². The highest BCUT2D eigenvalue weighted by molar-refractivity contribution is 7.17. The zero-order chi connectivity index (χ0) is 10.8. The summed E-state index contributed by atoms with van der Waals surface area (Å²) >= 11 is 0.866. The molecule has 2 aromatic heterocycles. The van der Waals surface area contributed by atoms with Crippen molar-refractivity contribution in [1.29, 1.82) is 0 Å². The molecule has 0 aliphatic rings. The minimum atomic E-state index is -1.14. The van der Waals surface area contributed by atoms with E-state index in [1.54, 1.807) is 0 Å². The van der Waals surface area contributed by atoms with Gasteiger partial charge in [-0.2, -0.15) is 0 Å². The number of hydrogen-bond acceptors (Lipinski definition) is 4. The number of hydrogen-bond donors (Lipinski definition) is 1. The van der Waals surface area contributed by atoms with Crippen LogP contribution in [0.1, 0.15) is 9.67 Å². The molecule has 76 valence electrons. The van der Waals surface area contributed by atoms with Crippen LogP contribution in [0.15, 0.2) is 24.8 Å². The lowest BCUT2D eigenvalue weighted by molar-refractivity contribution is 0.0702. The molecule has 1 N–H and O–H groups in total. The maximum absolute atomic E-state index is 13.3. The third-order valence-electron chi connectivity index (χ3n) is 1.72. The molecule has 2 aromatic rings. The summed E-state index contributed by atoms with van der Waals surface area (Å²) in [5, 5.41) is 8.68. The molecular weight excluding hydrogens is 219 g/mol. The molecule has 0 bridgehead atoms. The molecule has 4 nitrogen and oxygen atoms in total. The molecule has 0 aliphatic carbocycles. The van der Waals surface area contributed by atoms with Crippen LogP contribution in [0.5, 0.6) is 0 Å². The fraction of sp³-hybridized carbons (Fsp3) is 0. The Bertz CT molecular complexity index is 498. The Labute approximate surface area is 88.1 Å². The Morgan fingerprint density at radius 1 is 1.40 bits per heavy atom. The van der Waals surface area contributed by atoms with Gasteiger partial charge in [0.2, 0.25) is 0 Å². The van der Waals surface area contributed by atoms with Gasteiger partial charge in [0.15, 0.2) is 0 Å². The number of rotatable bonds is 2. The molecule has 0 fully saturated rings. The number of halogens is 1. The second-order valence-corrected chi connectivity index (χ2v) is 3.77. The zero-order valence-electron chi connectivity index (χ0n) is 7.35. The number of aromatic carboxylic acids is 1. The summed E-state index contributed by atoms with van der Waals surface area (Å²) in [6.07, 6.45) is 4.20. The van der Waals surface area contributed by atoms with E-state index >= 15 is 0 Å². The molecular formula is C9H5FN2O2S. The Kier molecular flexibility index (Phi) is 2.42. The Morgan fingerprint density at radius 3 is 2.60 bits per heavy atom. The van der Waals surface area contributed by atoms with E-state index in [-0.39, 0.29) is 9.75 Å². The SMILES string of the molecule is O=C(O)c1cc(F)c(-c2cncnc2)s1. The van der Waals surface area contributed by atoms with Gasteiger partial charge < -0.3 is 5.11 Å². The van der Waals surface area contributed by atoms with E-state index in [4.69, 9.17) is 5.11 Å². The molecule has 0 unspecified atom stereocenters. The van der Waals surface area contributed by atoms with Crippen LogP contribution in [0.25, 0.3) is 10.4 Å². The molecule has 0 saturated heterocycles. The normalized spacial score (nSPS) is 10.2. The molecule has 0 aromatic carbocycles. The van der Waals surface area contributed by atoms with Gasteiger partial charge >= 0.3 is 5.97 Å². The van der Waals surface area contributed by atoms with Crippen molar-refractivity contribution in [3.8, 4) is 10.4 Å². The average molecular weight is 224 g/mol. The number of thiophene rings is 1. The molecule has 0 atom stereocenters. The van der Waals surface area contributed by atoms with Crippen molar-refractivity contribution in [2.75, 3.05) is 0 Å². The summed E-state index contributed by atoms with van der Waals surface area (Å²) in [4.78, 5) is 18.3. The van der Waals surface area contributed by atoms with Crippen molar-refractivity contribution in [2.45, 2.75) is 0 Å². The minimum Gasteiger partial charge on any atom is -0.477 e. The quantitative estimate of drug-likeness (QED) is 0.847. The van der Waals surface area contributed by atoms with E-state index in [1.807, 2.05) is 0 Å². The van der Waals surface area contributed by atoms with Gasteiger partial charge in [-0.15, -0.1) is 11.3 Å². The van der Waals surface area contributed by atoms with Gasteiger partial charge in [-0.05, 0) is 6.07 Å². The van der Waals surface area contributed by atoms with E-state index in [0.29, 0.717) is 5.56 Å². The van der Waals surface area contributed by atoms with Crippen LogP contribution < -0.4 is 0 Å². The van der Waals surface area contributed by atoms with Crippen molar-refractivity contribution >= 4 is 17.3 Å². The highest BCUT2D eigenvalue weighted by Crippen LogP contribution is 2.30. The van der Waals surface area contributed by atoms with E-state index < -0.39 is 11.8 Å². The van der Waals surface area contributed by atoms with Crippen LogP contribution in [0.3, 0.4) is 0 Å². The van der Waals surface area contributed by atoms with Gasteiger partial charge in [0.25, 0.3) is 0 Å². The van der Waals surface area contributed by atoms with Gasteiger partial charge in [-0.3, -0.25) is 0 Å². The average Bonchev–Trinajstić information content (AvgIpc) is 2.62. The van der Waals surface area contributed by atoms with Gasteiger partial charge in [-0.1, -0.05) is 0 Å². The van der Waals surface area contributed by atoms with E-state index in [9.17, 15) is 9.18 Å². The van der Waals surface area contributed by atoms with E-state index in [2.05, 4.69) is 9.97 Å². The van der Waals surface area contributed by atoms with Crippen molar-refractivity contribution < 1.29 is 14.3 Å². The second-order valence-electron chi connectivity index (χ2n) is 2.72. The molecule has 15 heavy (non-hydrogen) atoms. The third-order valence-corrected chi connectivity index (χ3v) is 2.87. The molecule has 2 rings (SSSR count). The van der Waals surface area contributed by atoms with Crippen LogP contribution in [0, 0.1) is 5.82 Å². The van der Waals surface area contributed by atoms with Gasteiger partial charge in [0.1, 0.15) is 17.0 Å². The summed E-state index contributed by atoms with van der Waals surface area (Å²) in [5.41, 5.74) is 0.479. The number of carboxylic acid groups (broad SMARTS) is 1. The lowest BCUT2D eigenvalue weighted by Gasteiger charge is -1.93. The first-order chi connectivity index (χ1) is 7.18. The Hall–Kier alpha value is -1.82. The van der Waals surface area contributed by atoms with Crippen LogP contribution in [-0.2, 0) is 0 Å². The molecule has 0 radical (unpaired) electrons. The number of carbonyl (C=O) groups is 1. The van der Waals surface area contributed by atoms with Crippen molar-refractivity contribution in [1.82, 2.24) is 9.97 Å². The van der Waals surface area contributed by atoms with Crippen LogP contribution in [-0.4, -0.2) is 21.0 Å². The maximum atomic E-state index is 13.3.